The minimum Gasteiger partial charge on any atom is -0.545 e. The molecule has 46 heavy (non-hydrogen) atoms. The zero-order valence-electron chi connectivity index (χ0n) is 24.9. The van der Waals surface area contributed by atoms with Gasteiger partial charge in [0.05, 0.1) is 55.6 Å². The van der Waals surface area contributed by atoms with Gasteiger partial charge in [0.25, 0.3) is 5.70 Å². The second kappa shape index (κ2) is 17.4. The fraction of sp³-hybridized carbons (Fsp3) is 0.0606. The summed E-state index contributed by atoms with van der Waals surface area (Å²) < 4.78 is 11.2. The van der Waals surface area contributed by atoms with Gasteiger partial charge in [0.15, 0.2) is 5.75 Å². The van der Waals surface area contributed by atoms with Crippen molar-refractivity contribution in [3.63, 3.8) is 0 Å². The first-order chi connectivity index (χ1) is 21.2. The van der Waals surface area contributed by atoms with Crippen molar-refractivity contribution in [1.29, 1.82) is 10.5 Å². The Labute approximate surface area is 314 Å². The standard InChI is InChI=1S/C33H21ClN4O6.2Na/c1-37-27(18-36)31(21-7-5-8-26(15-21)43-2)22(17-35)6-3-4-9-30-38(28-16-25(34)10-11-29(28)44-30)19-20-12-23(32(39)40)14-24(13-20)33(41)42;;/h3-16H,19H2,2H3,(H,39,40)(H,41,42);;/q;2*+1/p-2/b4-3+,22-6+,30-9-,31-27+;;. The number of halogens is 1. The van der Waals surface area contributed by atoms with Crippen LogP contribution < -0.4 is 83.7 Å². The van der Waals surface area contributed by atoms with Crippen molar-refractivity contribution in [3.05, 3.63) is 141 Å². The van der Waals surface area contributed by atoms with Crippen LogP contribution in [-0.2, 0) is 6.54 Å². The fourth-order valence-corrected chi connectivity index (χ4v) is 4.53. The number of nitriles is 2. The summed E-state index contributed by atoms with van der Waals surface area (Å²) in [5.41, 5.74) is 0.562. The number of methoxy groups -OCH3 is 1. The molecule has 0 unspecified atom stereocenters. The first-order valence-corrected chi connectivity index (χ1v) is 13.0. The van der Waals surface area contributed by atoms with Crippen molar-refractivity contribution in [2.24, 2.45) is 0 Å². The van der Waals surface area contributed by atoms with E-state index in [-0.39, 0.29) is 99.5 Å². The number of allylic oxidation sites excluding steroid dienone is 7. The molecule has 0 saturated carbocycles. The molecule has 0 saturated heterocycles. The predicted molar refractivity (Wildman–Crippen MR) is 156 cm³/mol. The van der Waals surface area contributed by atoms with E-state index in [1.54, 1.807) is 59.5 Å². The minimum absolute atomic E-state index is 0. The number of carbonyl (C=O) groups excluding carboxylic acids is 2. The van der Waals surface area contributed by atoms with Crippen molar-refractivity contribution >= 4 is 34.8 Å². The van der Waals surface area contributed by atoms with Gasteiger partial charge in [-0.3, -0.25) is 0 Å². The van der Waals surface area contributed by atoms with Crippen molar-refractivity contribution in [2.75, 3.05) is 12.0 Å². The maximum absolute atomic E-state index is 11.5. The van der Waals surface area contributed by atoms with Gasteiger partial charge in [0.2, 0.25) is 5.88 Å². The predicted octanol–water partition coefficient (Wildman–Crippen LogP) is -1.82. The van der Waals surface area contributed by atoms with E-state index in [0.717, 1.165) is 6.07 Å². The molecular weight excluding hydrogens is 630 g/mol. The first-order valence-electron chi connectivity index (χ1n) is 12.7. The molecule has 1 aliphatic rings. The van der Waals surface area contributed by atoms with Gasteiger partial charge < -0.3 is 34.2 Å². The molecule has 0 amide bonds. The molecule has 3 aromatic rings. The molecule has 0 atom stereocenters. The van der Waals surface area contributed by atoms with E-state index < -0.39 is 11.9 Å². The van der Waals surface area contributed by atoms with Crippen molar-refractivity contribution in [2.45, 2.75) is 6.54 Å². The van der Waals surface area contributed by atoms with Crippen LogP contribution in [0.2, 0.25) is 5.02 Å². The van der Waals surface area contributed by atoms with Crippen LogP contribution >= 0.6 is 11.6 Å². The van der Waals surface area contributed by atoms with Crippen LogP contribution in [0.5, 0.6) is 11.5 Å². The third-order valence-electron chi connectivity index (χ3n) is 6.31. The molecule has 0 fully saturated rings. The number of rotatable bonds is 9. The van der Waals surface area contributed by atoms with E-state index in [9.17, 15) is 30.3 Å². The Morgan fingerprint density at radius 1 is 1.00 bits per heavy atom. The quantitative estimate of drug-likeness (QED) is 0.113. The minimum atomic E-state index is -1.55. The number of carbonyl (C=O) groups is 2. The SMILES string of the molecule is [C-]#[N+]/C(C#N)=C(/C(C#N)=C/C=C/C=C1\Oc2ccc(Cl)cc2N1Cc1cc(C(=O)[O-])cc(C(=O)[O-])c1)c1cccc(OC)c1.[Na+].[Na+]. The number of anilines is 1. The van der Waals surface area contributed by atoms with E-state index >= 15 is 0 Å². The zero-order chi connectivity index (χ0) is 31.8. The average Bonchev–Trinajstić information content (AvgIpc) is 3.35. The number of hydrogen-bond donors (Lipinski definition) is 0. The van der Waals surface area contributed by atoms with Crippen molar-refractivity contribution in [3.8, 4) is 23.6 Å². The number of carboxylic acid groups (broad SMARTS) is 2. The van der Waals surface area contributed by atoms with E-state index in [4.69, 9.17) is 27.6 Å². The van der Waals surface area contributed by atoms with Gasteiger partial charge >= 0.3 is 59.1 Å². The van der Waals surface area contributed by atoms with Gasteiger partial charge in [-0.2, -0.15) is 5.26 Å². The number of benzene rings is 3. The average molecular weight is 649 g/mol. The van der Waals surface area contributed by atoms with Crippen LogP contribution in [0, 0.1) is 29.2 Å². The van der Waals surface area contributed by atoms with Crippen LogP contribution in [0.25, 0.3) is 10.4 Å². The third-order valence-corrected chi connectivity index (χ3v) is 6.55. The van der Waals surface area contributed by atoms with Crippen molar-refractivity contribution in [1.82, 2.24) is 0 Å². The van der Waals surface area contributed by atoms with E-state index in [1.165, 1.54) is 31.4 Å². The normalized spacial score (nSPS) is 13.2. The molecule has 0 spiro atoms. The van der Waals surface area contributed by atoms with Gasteiger partial charge in [0.1, 0.15) is 5.75 Å². The summed E-state index contributed by atoms with van der Waals surface area (Å²) in [4.78, 5) is 28.0. The molecular formula is C33H19ClN4Na2O6. The summed E-state index contributed by atoms with van der Waals surface area (Å²) in [5, 5.41) is 42.9. The largest absolute Gasteiger partial charge is 1.00 e. The van der Waals surface area contributed by atoms with Crippen LogP contribution in [-0.4, -0.2) is 19.0 Å². The molecule has 0 aromatic heterocycles. The Kier molecular flexibility index (Phi) is 14.4. The molecule has 1 aliphatic heterocycles. The third kappa shape index (κ3) is 8.92. The smallest absolute Gasteiger partial charge is 0.545 e. The topological polar surface area (TPSA) is 154 Å². The molecule has 1 heterocycles. The molecule has 10 nitrogen and oxygen atoms in total. The maximum atomic E-state index is 11.5. The molecule has 3 aromatic carbocycles. The Bertz CT molecular complexity index is 1880. The van der Waals surface area contributed by atoms with Gasteiger partial charge in [0, 0.05) is 10.6 Å². The number of fused-ring (bicyclic) bond motifs is 1. The fourth-order valence-electron chi connectivity index (χ4n) is 4.36. The molecule has 216 valence electrons. The van der Waals surface area contributed by atoms with E-state index in [1.807, 2.05) is 12.1 Å². The molecule has 4 rings (SSSR count). The molecule has 0 bridgehead atoms. The number of carboxylic acids is 2. The Morgan fingerprint density at radius 3 is 2.28 bits per heavy atom. The number of ether oxygens (including phenoxy) is 2. The number of nitrogens with zero attached hydrogens (tertiary/aromatic N) is 4. The van der Waals surface area contributed by atoms with Crippen LogP contribution in [0.1, 0.15) is 31.8 Å². The second-order valence-corrected chi connectivity index (χ2v) is 9.49. The van der Waals surface area contributed by atoms with E-state index in [0.29, 0.717) is 33.3 Å². The Hall–Kier alpha value is -4.28. The number of aromatic carboxylic acids is 2. The number of hydrogen-bond acceptors (Lipinski definition) is 9. The summed E-state index contributed by atoms with van der Waals surface area (Å²) in [6, 6.07) is 19.0. The molecule has 0 aliphatic carbocycles. The second-order valence-electron chi connectivity index (χ2n) is 9.05. The van der Waals surface area contributed by atoms with Gasteiger partial charge in [-0.15, -0.1) is 0 Å². The van der Waals surface area contributed by atoms with Crippen LogP contribution in [0.15, 0.2) is 102 Å². The monoisotopic (exact) mass is 648 g/mol. The zero-order valence-corrected chi connectivity index (χ0v) is 29.7. The van der Waals surface area contributed by atoms with Crippen LogP contribution in [0.4, 0.5) is 5.69 Å². The summed E-state index contributed by atoms with van der Waals surface area (Å²) >= 11 is 6.22. The van der Waals surface area contributed by atoms with Crippen molar-refractivity contribution < 1.29 is 88.4 Å². The Morgan fingerprint density at radius 2 is 1.70 bits per heavy atom. The van der Waals surface area contributed by atoms with E-state index in [2.05, 4.69) is 4.85 Å². The molecule has 0 radical (unpaired) electrons. The summed E-state index contributed by atoms with van der Waals surface area (Å²) in [6.07, 6.45) is 6.08. The van der Waals surface area contributed by atoms with Gasteiger partial charge in [-0.25, -0.2) is 10.1 Å². The molecule has 13 heteroatoms. The first kappa shape index (κ1) is 37.9. The van der Waals surface area contributed by atoms with Crippen LogP contribution in [0.3, 0.4) is 0 Å². The summed E-state index contributed by atoms with van der Waals surface area (Å²) in [6.45, 7) is 7.44. The molecule has 0 N–H and O–H groups in total. The maximum Gasteiger partial charge on any atom is 1.00 e. The van der Waals surface area contributed by atoms with Gasteiger partial charge in [-0.05, 0) is 82.9 Å². The van der Waals surface area contributed by atoms with Gasteiger partial charge in [-0.1, -0.05) is 35.9 Å². The summed E-state index contributed by atoms with van der Waals surface area (Å²) in [7, 11) is 1.48. The summed E-state index contributed by atoms with van der Waals surface area (Å²) in [5.74, 6) is -1.89. The Balaban J connectivity index is 0.00000368.